The van der Waals surface area contributed by atoms with Gasteiger partial charge in [0.25, 0.3) is 0 Å². The van der Waals surface area contributed by atoms with Gasteiger partial charge >= 0.3 is 21.7 Å². The van der Waals surface area contributed by atoms with E-state index in [1.165, 1.54) is 60.1 Å². The van der Waals surface area contributed by atoms with E-state index in [1.807, 2.05) is 0 Å². The third kappa shape index (κ3) is 6.18. The maximum atomic E-state index is 4.15. The Balaban J connectivity index is 0.00000400. The van der Waals surface area contributed by atoms with Crippen LogP contribution in [0.2, 0.25) is 24.7 Å². The fourth-order valence-corrected chi connectivity index (χ4v) is 14.7. The zero-order valence-electron chi connectivity index (χ0n) is 28.7. The van der Waals surface area contributed by atoms with Crippen molar-refractivity contribution < 1.29 is 21.7 Å². The molecule has 41 heavy (non-hydrogen) atoms. The van der Waals surface area contributed by atoms with Crippen molar-refractivity contribution in [2.45, 2.75) is 87.0 Å². The van der Waals surface area contributed by atoms with Gasteiger partial charge < -0.3 is 22.3 Å². The molecule has 0 fully saturated rings. The van der Waals surface area contributed by atoms with Crippen molar-refractivity contribution in [2.75, 3.05) is 0 Å². The van der Waals surface area contributed by atoms with Crippen molar-refractivity contribution >= 4 is 36.9 Å². The summed E-state index contributed by atoms with van der Waals surface area (Å²) < 4.78 is 0. The van der Waals surface area contributed by atoms with Gasteiger partial charge in [-0.15, -0.1) is 6.92 Å². The largest absolute Gasteiger partial charge is 4.00 e. The molecule has 3 aromatic rings. The van der Waals surface area contributed by atoms with Crippen molar-refractivity contribution in [3.05, 3.63) is 127 Å². The van der Waals surface area contributed by atoms with Gasteiger partial charge in [-0.2, -0.15) is 11.1 Å². The Morgan fingerprint density at radius 2 is 1.07 bits per heavy atom. The molecule has 0 aliphatic heterocycles. The van der Waals surface area contributed by atoms with Crippen LogP contribution in [0.15, 0.2) is 71.3 Å². The van der Waals surface area contributed by atoms with Crippen LogP contribution in [0.1, 0.15) is 55.5 Å². The Morgan fingerprint density at radius 3 is 1.46 bits per heavy atom. The molecule has 0 saturated carbocycles. The zero-order chi connectivity index (χ0) is 27.5. The molecule has 0 amide bonds. The molecule has 0 saturated heterocycles. The van der Waals surface area contributed by atoms with Crippen molar-refractivity contribution in [1.29, 1.82) is 0 Å². The van der Waals surface area contributed by atoms with Gasteiger partial charge in [0.1, 0.15) is 8.07 Å². The quantitative estimate of drug-likeness (QED) is 0.154. The average molecular weight is 615 g/mol. The molecule has 3 heteroatoms. The second-order valence-corrected chi connectivity index (χ2v) is 21.9. The van der Waals surface area contributed by atoms with E-state index < -0.39 is 16.1 Å². The summed E-state index contributed by atoms with van der Waals surface area (Å²) >= 11 is 0. The molecule has 0 aromatic heterocycles. The molecule has 0 N–H and O–H groups in total. The second kappa shape index (κ2) is 13.7. The fraction of sp³-hybridized carbons (Fsp3) is 0.342. The number of aryl methyl sites for hydroxylation is 3. The number of benzene rings is 3. The van der Waals surface area contributed by atoms with Crippen LogP contribution in [0, 0.1) is 63.0 Å². The Morgan fingerprint density at radius 1 is 0.634 bits per heavy atom. The van der Waals surface area contributed by atoms with Crippen LogP contribution in [0.25, 0.3) is 0 Å². The minimum atomic E-state index is -2.72. The molecule has 0 nitrogen and oxygen atoms in total. The molecule has 1 atom stereocenters. The zero-order valence-corrected chi connectivity index (χ0v) is 32.3. The number of allylic oxidation sites excluding steroid dienone is 4. The Labute approximate surface area is 271 Å². The summed E-state index contributed by atoms with van der Waals surface area (Å²) in [5.74, 6) is 0. The van der Waals surface area contributed by atoms with Crippen LogP contribution >= 0.6 is 0 Å². The fourth-order valence-electron chi connectivity index (χ4n) is 6.62. The van der Waals surface area contributed by atoms with Gasteiger partial charge in [-0.3, -0.25) is 6.08 Å². The predicted octanol–water partition coefficient (Wildman–Crippen LogP) is 8.45. The molecule has 0 bridgehead atoms. The molecule has 3 aromatic carbocycles. The Bertz CT molecular complexity index is 1400. The van der Waals surface area contributed by atoms with Gasteiger partial charge in [-0.05, 0) is 72.4 Å². The molecule has 1 aliphatic rings. The van der Waals surface area contributed by atoms with E-state index in [0.717, 1.165) is 0 Å². The molecule has 0 heterocycles. The summed E-state index contributed by atoms with van der Waals surface area (Å²) in [7, 11) is -4.27. The van der Waals surface area contributed by atoms with Crippen molar-refractivity contribution in [1.82, 2.24) is 0 Å². The summed E-state index contributed by atoms with van der Waals surface area (Å²) in [6, 6.07) is 21.7. The standard InChI is InChI=1S/C35H45Si2.3CH3.Ti/c1-23-19-31(36(10,11)12)21-32(20-23)37(33-17-13-15-24(2)28(33)6,34-18-14-16-25(3)29(34)7)35(9)22-26(4)27(5)30(35)8;;;;/h13-21H,1-12H3;3*1H3;/q4*-1;+4. The van der Waals surface area contributed by atoms with E-state index in [0.29, 0.717) is 0 Å². The van der Waals surface area contributed by atoms with Crippen molar-refractivity contribution in [3.63, 3.8) is 0 Å². The van der Waals surface area contributed by atoms with Crippen molar-refractivity contribution in [3.8, 4) is 0 Å². The smallest absolute Gasteiger partial charge is 0.358 e. The first-order valence-corrected chi connectivity index (χ1v) is 19.2. The van der Waals surface area contributed by atoms with Gasteiger partial charge in [0.15, 0.2) is 0 Å². The van der Waals surface area contributed by atoms with Crippen LogP contribution in [-0.4, -0.2) is 16.1 Å². The maximum Gasteiger partial charge on any atom is 4.00 e. The van der Waals surface area contributed by atoms with E-state index in [-0.39, 0.29) is 49.0 Å². The summed E-state index contributed by atoms with van der Waals surface area (Å²) in [6.07, 6.45) is 4.15. The van der Waals surface area contributed by atoms with Gasteiger partial charge in [0.2, 0.25) is 0 Å². The third-order valence-electron chi connectivity index (χ3n) is 9.46. The molecular formula is C38H54Si2Ti. The van der Waals surface area contributed by atoms with Crippen LogP contribution in [0.4, 0.5) is 0 Å². The first-order chi connectivity index (χ1) is 17.2. The van der Waals surface area contributed by atoms with Crippen LogP contribution < -0.4 is 20.7 Å². The normalized spacial score (nSPS) is 16.6. The topological polar surface area (TPSA) is 0 Å². The van der Waals surface area contributed by atoms with Gasteiger partial charge in [0, 0.05) is 0 Å². The van der Waals surface area contributed by atoms with E-state index in [4.69, 9.17) is 0 Å². The van der Waals surface area contributed by atoms with Crippen LogP contribution in [0.3, 0.4) is 0 Å². The van der Waals surface area contributed by atoms with Gasteiger partial charge in [-0.25, -0.2) is 5.57 Å². The minimum absolute atomic E-state index is 0. The summed E-state index contributed by atoms with van der Waals surface area (Å²) in [5.41, 5.74) is 11.2. The first kappa shape index (κ1) is 39.3. The molecular weight excluding hydrogens is 560 g/mol. The second-order valence-electron chi connectivity index (χ2n) is 12.7. The van der Waals surface area contributed by atoms with Crippen molar-refractivity contribution in [2.24, 2.45) is 0 Å². The summed E-state index contributed by atoms with van der Waals surface area (Å²) in [4.78, 5) is 0. The molecule has 1 unspecified atom stereocenters. The summed E-state index contributed by atoms with van der Waals surface area (Å²) in [6.45, 7) is 28.5. The van der Waals surface area contributed by atoms with E-state index in [2.05, 4.69) is 143 Å². The molecule has 0 radical (unpaired) electrons. The third-order valence-corrected chi connectivity index (χ3v) is 17.3. The van der Waals surface area contributed by atoms with E-state index >= 15 is 0 Å². The van der Waals surface area contributed by atoms with E-state index in [9.17, 15) is 0 Å². The Hall–Kier alpha value is -1.71. The summed E-state index contributed by atoms with van der Waals surface area (Å²) in [5, 5.41) is 5.94. The molecule has 1 aliphatic carbocycles. The average Bonchev–Trinajstić information content (AvgIpc) is 3.02. The SMILES string of the molecule is CC1=[C-]C(C)([Si](c2cc(C)cc([Si](C)(C)C)c2)(c2cccc(C)c2C)c2cccc(C)c2C)C(C)=C1C.[CH3-].[CH3-].[CH3-].[Ti+4]. The molecule has 218 valence electrons. The maximum absolute atomic E-state index is 4.15. The predicted molar refractivity (Wildman–Crippen MR) is 189 cm³/mol. The molecule has 4 rings (SSSR count). The van der Waals surface area contributed by atoms with E-state index in [1.54, 1.807) is 5.19 Å². The Kier molecular flexibility index (Phi) is 13.1. The molecule has 0 spiro atoms. The number of hydrogen-bond donors (Lipinski definition) is 0. The monoisotopic (exact) mass is 614 g/mol. The van der Waals surface area contributed by atoms with Crippen LogP contribution in [-0.2, 0) is 21.7 Å². The number of hydrogen-bond acceptors (Lipinski definition) is 0. The van der Waals surface area contributed by atoms with Gasteiger partial charge in [-0.1, -0.05) is 111 Å². The van der Waals surface area contributed by atoms with Crippen LogP contribution in [0.5, 0.6) is 0 Å². The first-order valence-electron chi connectivity index (χ1n) is 13.7. The van der Waals surface area contributed by atoms with Gasteiger partial charge in [0.05, 0.1) is 8.07 Å². The minimum Gasteiger partial charge on any atom is -0.358 e. The number of rotatable bonds is 5.